The van der Waals surface area contributed by atoms with Gasteiger partial charge in [-0.25, -0.2) is 0 Å². The Balaban J connectivity index is 2.18. The molecule has 0 bridgehead atoms. The van der Waals surface area contributed by atoms with Gasteiger partial charge in [-0.15, -0.1) is 0 Å². The van der Waals surface area contributed by atoms with Crippen LogP contribution in [-0.4, -0.2) is 57.5 Å². The van der Waals surface area contributed by atoms with Crippen molar-refractivity contribution >= 4 is 5.97 Å². The predicted octanol–water partition coefficient (Wildman–Crippen LogP) is 3.61. The maximum absolute atomic E-state index is 11.7. The van der Waals surface area contributed by atoms with Gasteiger partial charge in [0.2, 0.25) is 0 Å². The molecular weight excluding hydrogens is 386 g/mol. The fourth-order valence-corrected chi connectivity index (χ4v) is 4.16. The lowest BCUT2D eigenvalue weighted by molar-refractivity contribution is -0.143. The molecule has 0 radical (unpaired) electrons. The highest BCUT2D eigenvalue weighted by Gasteiger charge is 2.34. The van der Waals surface area contributed by atoms with Crippen molar-refractivity contribution in [1.29, 1.82) is 0 Å². The number of piperidine rings is 1. The molecule has 7 heteroatoms. The molecule has 1 fully saturated rings. The standard InChI is InChI=1S/C23H29NO6/c1-27-18-10-6-5-9-16(18)22(24-11-7-8-15(14-24)23(25)26)17-12-20(29-3)21(30-4)13-19(17)28-2/h5-6,9-10,12-13,15,22H,7-8,11,14H2,1-4H3,(H,25,26). The van der Waals surface area contributed by atoms with Gasteiger partial charge >= 0.3 is 5.97 Å². The molecule has 1 N–H and O–H groups in total. The second-order valence-electron chi connectivity index (χ2n) is 7.27. The van der Waals surface area contributed by atoms with Gasteiger partial charge in [-0.05, 0) is 31.5 Å². The van der Waals surface area contributed by atoms with Crippen LogP contribution in [0.5, 0.6) is 23.0 Å². The molecule has 2 aromatic rings. The summed E-state index contributed by atoms with van der Waals surface area (Å²) >= 11 is 0. The number of rotatable bonds is 8. The molecule has 1 heterocycles. The first kappa shape index (κ1) is 21.8. The number of ether oxygens (including phenoxy) is 4. The fourth-order valence-electron chi connectivity index (χ4n) is 4.16. The Bertz CT molecular complexity index is 884. The van der Waals surface area contributed by atoms with Gasteiger partial charge in [-0.2, -0.15) is 0 Å². The maximum Gasteiger partial charge on any atom is 0.307 e. The van der Waals surface area contributed by atoms with E-state index >= 15 is 0 Å². The Morgan fingerprint density at radius 2 is 1.57 bits per heavy atom. The predicted molar refractivity (Wildman–Crippen MR) is 113 cm³/mol. The van der Waals surface area contributed by atoms with Crippen molar-refractivity contribution in [3.8, 4) is 23.0 Å². The minimum atomic E-state index is -0.766. The number of likely N-dealkylation sites (tertiary alicyclic amines) is 1. The van der Waals surface area contributed by atoms with Crippen LogP contribution in [0.3, 0.4) is 0 Å². The first-order valence-electron chi connectivity index (χ1n) is 9.93. The van der Waals surface area contributed by atoms with Crippen molar-refractivity contribution in [2.24, 2.45) is 5.92 Å². The molecule has 0 aromatic heterocycles. The molecule has 1 aliphatic heterocycles. The number of carboxylic acids is 1. The highest BCUT2D eigenvalue weighted by atomic mass is 16.5. The normalized spacial score (nSPS) is 17.8. The van der Waals surface area contributed by atoms with Crippen molar-refractivity contribution < 1.29 is 28.8 Å². The lowest BCUT2D eigenvalue weighted by Crippen LogP contribution is -2.41. The van der Waals surface area contributed by atoms with E-state index < -0.39 is 11.9 Å². The van der Waals surface area contributed by atoms with Gasteiger partial charge in [0.1, 0.15) is 11.5 Å². The molecule has 162 valence electrons. The summed E-state index contributed by atoms with van der Waals surface area (Å²) in [5, 5.41) is 9.62. The number of carboxylic acid groups (broad SMARTS) is 1. The van der Waals surface area contributed by atoms with E-state index in [1.807, 2.05) is 30.3 Å². The molecule has 0 amide bonds. The molecule has 1 aliphatic rings. The van der Waals surface area contributed by atoms with Crippen molar-refractivity contribution in [1.82, 2.24) is 4.90 Å². The molecule has 30 heavy (non-hydrogen) atoms. The number of benzene rings is 2. The van der Waals surface area contributed by atoms with Crippen molar-refractivity contribution in [2.75, 3.05) is 41.5 Å². The largest absolute Gasteiger partial charge is 0.496 e. The molecular formula is C23H29NO6. The maximum atomic E-state index is 11.7. The van der Waals surface area contributed by atoms with E-state index in [0.29, 0.717) is 30.2 Å². The third kappa shape index (κ3) is 4.31. The Morgan fingerprint density at radius 1 is 0.933 bits per heavy atom. The Kier molecular flexibility index (Phi) is 7.05. The number of nitrogens with zero attached hydrogens (tertiary/aromatic N) is 1. The van der Waals surface area contributed by atoms with Gasteiger partial charge < -0.3 is 24.1 Å². The topological polar surface area (TPSA) is 77.5 Å². The third-order valence-corrected chi connectivity index (χ3v) is 5.63. The van der Waals surface area contributed by atoms with E-state index in [0.717, 1.165) is 29.8 Å². The lowest BCUT2D eigenvalue weighted by Gasteiger charge is -2.38. The van der Waals surface area contributed by atoms with Gasteiger partial charge in [-0.1, -0.05) is 18.2 Å². The molecule has 1 saturated heterocycles. The molecule has 2 unspecified atom stereocenters. The van der Waals surface area contributed by atoms with Crippen LogP contribution in [0.2, 0.25) is 0 Å². The van der Waals surface area contributed by atoms with Gasteiger partial charge in [0.05, 0.1) is 40.4 Å². The molecule has 3 rings (SSSR count). The van der Waals surface area contributed by atoms with E-state index in [-0.39, 0.29) is 6.04 Å². The Morgan fingerprint density at radius 3 is 2.20 bits per heavy atom. The van der Waals surface area contributed by atoms with E-state index in [4.69, 9.17) is 18.9 Å². The number of aliphatic carboxylic acids is 1. The zero-order chi connectivity index (χ0) is 21.7. The van der Waals surface area contributed by atoms with E-state index in [2.05, 4.69) is 4.90 Å². The van der Waals surface area contributed by atoms with Crippen LogP contribution in [-0.2, 0) is 4.79 Å². The van der Waals surface area contributed by atoms with Crippen molar-refractivity contribution in [3.05, 3.63) is 47.5 Å². The smallest absolute Gasteiger partial charge is 0.307 e. The zero-order valence-corrected chi connectivity index (χ0v) is 17.9. The van der Waals surface area contributed by atoms with Gasteiger partial charge in [0.15, 0.2) is 11.5 Å². The van der Waals surface area contributed by atoms with Crippen LogP contribution in [0.4, 0.5) is 0 Å². The van der Waals surface area contributed by atoms with Crippen LogP contribution >= 0.6 is 0 Å². The summed E-state index contributed by atoms with van der Waals surface area (Å²) < 4.78 is 22.3. The second-order valence-corrected chi connectivity index (χ2v) is 7.27. The number of methoxy groups -OCH3 is 4. The van der Waals surface area contributed by atoms with Crippen LogP contribution < -0.4 is 18.9 Å². The summed E-state index contributed by atoms with van der Waals surface area (Å²) in [6.07, 6.45) is 1.48. The molecule has 7 nitrogen and oxygen atoms in total. The van der Waals surface area contributed by atoms with Crippen LogP contribution in [0.25, 0.3) is 0 Å². The minimum Gasteiger partial charge on any atom is -0.496 e. The van der Waals surface area contributed by atoms with Crippen molar-refractivity contribution in [3.63, 3.8) is 0 Å². The monoisotopic (exact) mass is 415 g/mol. The minimum absolute atomic E-state index is 0.266. The summed E-state index contributed by atoms with van der Waals surface area (Å²) in [4.78, 5) is 13.9. The number of hydrogen-bond donors (Lipinski definition) is 1. The Hall–Kier alpha value is -2.93. The first-order chi connectivity index (χ1) is 14.5. The fraction of sp³-hybridized carbons (Fsp3) is 0.435. The highest BCUT2D eigenvalue weighted by Crippen LogP contribution is 2.44. The lowest BCUT2D eigenvalue weighted by atomic mass is 9.90. The molecule has 0 saturated carbocycles. The SMILES string of the molecule is COc1cc(OC)c(C(c2ccccc2OC)N2CCCC(C(=O)O)C2)cc1OC. The number of carbonyl (C=O) groups is 1. The average molecular weight is 415 g/mol. The van der Waals surface area contributed by atoms with Gasteiger partial charge in [0.25, 0.3) is 0 Å². The van der Waals surface area contributed by atoms with Gasteiger partial charge in [-0.3, -0.25) is 9.69 Å². The quantitative estimate of drug-likeness (QED) is 0.706. The van der Waals surface area contributed by atoms with E-state index in [9.17, 15) is 9.90 Å². The van der Waals surface area contributed by atoms with Crippen LogP contribution in [0.1, 0.15) is 30.0 Å². The number of hydrogen-bond acceptors (Lipinski definition) is 6. The van der Waals surface area contributed by atoms with Crippen LogP contribution in [0, 0.1) is 5.92 Å². The summed E-state index contributed by atoms with van der Waals surface area (Å²) in [6, 6.07) is 11.2. The summed E-state index contributed by atoms with van der Waals surface area (Å²) in [6.45, 7) is 1.21. The molecule has 2 aromatic carbocycles. The second kappa shape index (κ2) is 9.71. The van der Waals surface area contributed by atoms with E-state index in [1.165, 1.54) is 0 Å². The third-order valence-electron chi connectivity index (χ3n) is 5.63. The molecule has 0 spiro atoms. The summed E-state index contributed by atoms with van der Waals surface area (Å²) in [5.74, 6) is 1.34. The first-order valence-corrected chi connectivity index (χ1v) is 9.93. The summed E-state index contributed by atoms with van der Waals surface area (Å²) in [5.41, 5.74) is 1.81. The summed E-state index contributed by atoms with van der Waals surface area (Å²) in [7, 11) is 6.42. The Labute approximate surface area is 177 Å². The zero-order valence-electron chi connectivity index (χ0n) is 17.9. The van der Waals surface area contributed by atoms with Crippen molar-refractivity contribution in [2.45, 2.75) is 18.9 Å². The highest BCUT2D eigenvalue weighted by molar-refractivity contribution is 5.70. The molecule has 0 aliphatic carbocycles. The van der Waals surface area contributed by atoms with Gasteiger partial charge in [0, 0.05) is 23.7 Å². The van der Waals surface area contributed by atoms with Crippen LogP contribution in [0.15, 0.2) is 36.4 Å². The number of para-hydroxylation sites is 1. The average Bonchev–Trinajstić information content (AvgIpc) is 2.79. The molecule has 2 atom stereocenters. The van der Waals surface area contributed by atoms with E-state index in [1.54, 1.807) is 34.5 Å².